The molecule has 0 bridgehead atoms. The summed E-state index contributed by atoms with van der Waals surface area (Å²) in [6, 6.07) is 8.37. The molecule has 0 aliphatic heterocycles. The van der Waals surface area contributed by atoms with Crippen LogP contribution in [0.5, 0.6) is 17.2 Å². The summed E-state index contributed by atoms with van der Waals surface area (Å²) < 4.78 is 56.2. The Morgan fingerprint density at radius 1 is 1.03 bits per heavy atom. The van der Waals surface area contributed by atoms with Crippen molar-refractivity contribution in [3.63, 3.8) is 0 Å². The number of halogens is 3. The third kappa shape index (κ3) is 5.17. The number of ether oxygens (including phenoxy) is 3. The van der Waals surface area contributed by atoms with Crippen molar-refractivity contribution in [2.24, 2.45) is 0 Å². The number of hydrogen-bond acceptors (Lipinski definition) is 4. The van der Waals surface area contributed by atoms with Crippen LogP contribution in [-0.4, -0.2) is 26.2 Å². The van der Waals surface area contributed by atoms with Gasteiger partial charge in [-0.3, -0.25) is 4.79 Å². The molecule has 1 saturated carbocycles. The van der Waals surface area contributed by atoms with Crippen molar-refractivity contribution < 1.29 is 32.2 Å². The van der Waals surface area contributed by atoms with E-state index in [-0.39, 0.29) is 29.5 Å². The zero-order chi connectivity index (χ0) is 21.7. The Morgan fingerprint density at radius 3 is 2.40 bits per heavy atom. The van der Waals surface area contributed by atoms with E-state index >= 15 is 0 Å². The summed E-state index contributed by atoms with van der Waals surface area (Å²) in [4.78, 5) is 12.6. The molecule has 0 spiro atoms. The topological polar surface area (TPSA) is 56.8 Å². The van der Waals surface area contributed by atoms with E-state index in [2.05, 4.69) is 5.32 Å². The van der Waals surface area contributed by atoms with Crippen LogP contribution < -0.4 is 19.5 Å². The fourth-order valence-electron chi connectivity index (χ4n) is 3.47. The quantitative estimate of drug-likeness (QED) is 0.683. The van der Waals surface area contributed by atoms with Crippen molar-refractivity contribution in [3.05, 3.63) is 53.1 Å². The van der Waals surface area contributed by atoms with Crippen LogP contribution in [0.4, 0.5) is 13.2 Å². The predicted molar refractivity (Wildman–Crippen MR) is 105 cm³/mol. The van der Waals surface area contributed by atoms with Gasteiger partial charge in [0, 0.05) is 12.1 Å². The van der Waals surface area contributed by atoms with E-state index < -0.39 is 17.6 Å². The number of nitrogens with one attached hydrogen (secondary N) is 1. The Balaban J connectivity index is 1.75. The summed E-state index contributed by atoms with van der Waals surface area (Å²) in [5.41, 5.74) is -0.611. The maximum Gasteiger partial charge on any atom is 0.416 e. The Kier molecular flexibility index (Phi) is 6.74. The zero-order valence-electron chi connectivity index (χ0n) is 16.8. The number of methoxy groups -OCH3 is 2. The van der Waals surface area contributed by atoms with E-state index in [9.17, 15) is 18.0 Å². The molecule has 1 N–H and O–H groups in total. The largest absolute Gasteiger partial charge is 0.497 e. The molecule has 0 saturated heterocycles. The van der Waals surface area contributed by atoms with E-state index in [1.165, 1.54) is 26.4 Å². The molecule has 3 rings (SSSR count). The lowest BCUT2D eigenvalue weighted by Crippen LogP contribution is -2.24. The lowest BCUT2D eigenvalue weighted by molar-refractivity contribution is -0.138. The van der Waals surface area contributed by atoms with Gasteiger partial charge in [-0.05, 0) is 61.6 Å². The first-order chi connectivity index (χ1) is 14.3. The van der Waals surface area contributed by atoms with Crippen LogP contribution in [0.1, 0.15) is 47.2 Å². The number of hydrogen-bond donors (Lipinski definition) is 1. The van der Waals surface area contributed by atoms with Gasteiger partial charge in [0.25, 0.3) is 5.91 Å². The third-order valence-corrected chi connectivity index (χ3v) is 5.08. The van der Waals surface area contributed by atoms with Gasteiger partial charge in [0.2, 0.25) is 0 Å². The second kappa shape index (κ2) is 9.28. The number of benzene rings is 2. The van der Waals surface area contributed by atoms with Crippen molar-refractivity contribution in [2.75, 3.05) is 14.2 Å². The van der Waals surface area contributed by atoms with Crippen LogP contribution in [0.25, 0.3) is 0 Å². The molecule has 30 heavy (non-hydrogen) atoms. The van der Waals surface area contributed by atoms with Crippen LogP contribution in [0.15, 0.2) is 36.4 Å². The van der Waals surface area contributed by atoms with Gasteiger partial charge in [-0.15, -0.1) is 0 Å². The molecule has 2 aromatic rings. The Labute approximate surface area is 173 Å². The van der Waals surface area contributed by atoms with Crippen molar-refractivity contribution in [2.45, 2.75) is 44.5 Å². The van der Waals surface area contributed by atoms with Crippen LogP contribution in [0, 0.1) is 0 Å². The SMILES string of the molecule is COc1ccc(CNC(=O)c2ccc(OC)c(OC3CCCC3)c2)c(C(F)(F)F)c1. The van der Waals surface area contributed by atoms with E-state index in [4.69, 9.17) is 14.2 Å². The maximum atomic E-state index is 13.3. The number of carbonyl (C=O) groups excluding carboxylic acids is 1. The van der Waals surface area contributed by atoms with E-state index in [1.807, 2.05) is 0 Å². The molecule has 0 heterocycles. The summed E-state index contributed by atoms with van der Waals surface area (Å²) >= 11 is 0. The van der Waals surface area contributed by atoms with Crippen molar-refractivity contribution >= 4 is 5.91 Å². The lowest BCUT2D eigenvalue weighted by Gasteiger charge is -2.17. The number of rotatable bonds is 7. The highest BCUT2D eigenvalue weighted by Gasteiger charge is 2.33. The number of alkyl halides is 3. The first kappa shape index (κ1) is 21.8. The van der Waals surface area contributed by atoms with E-state index in [0.717, 1.165) is 31.7 Å². The smallest absolute Gasteiger partial charge is 0.416 e. The van der Waals surface area contributed by atoms with Gasteiger partial charge in [0.1, 0.15) is 5.75 Å². The first-order valence-corrected chi connectivity index (χ1v) is 9.69. The molecule has 5 nitrogen and oxygen atoms in total. The lowest BCUT2D eigenvalue weighted by atomic mass is 10.1. The standard InChI is InChI=1S/C22H24F3NO4/c1-28-17-9-7-15(18(12-17)22(23,24)25)13-26-21(27)14-8-10-19(29-2)20(11-14)30-16-5-3-4-6-16/h7-12,16H,3-6,13H2,1-2H3,(H,26,27). The highest BCUT2D eigenvalue weighted by atomic mass is 19.4. The summed E-state index contributed by atoms with van der Waals surface area (Å²) in [6.45, 7) is -0.275. The minimum atomic E-state index is -4.56. The monoisotopic (exact) mass is 423 g/mol. The molecule has 2 aromatic carbocycles. The second-order valence-corrected chi connectivity index (χ2v) is 7.09. The van der Waals surface area contributed by atoms with Gasteiger partial charge in [-0.2, -0.15) is 13.2 Å². The minimum Gasteiger partial charge on any atom is -0.497 e. The maximum absolute atomic E-state index is 13.3. The van der Waals surface area contributed by atoms with E-state index in [1.54, 1.807) is 18.2 Å². The Bertz CT molecular complexity index is 892. The molecule has 1 aliphatic carbocycles. The van der Waals surface area contributed by atoms with Crippen LogP contribution >= 0.6 is 0 Å². The van der Waals surface area contributed by atoms with Gasteiger partial charge in [0.15, 0.2) is 11.5 Å². The average molecular weight is 423 g/mol. The highest BCUT2D eigenvalue weighted by Crippen LogP contribution is 2.35. The number of carbonyl (C=O) groups is 1. The van der Waals surface area contributed by atoms with Crippen molar-refractivity contribution in [3.8, 4) is 17.2 Å². The molecular weight excluding hydrogens is 399 g/mol. The fraction of sp³-hybridized carbons (Fsp3) is 0.409. The number of amides is 1. The van der Waals surface area contributed by atoms with Crippen molar-refractivity contribution in [1.82, 2.24) is 5.32 Å². The van der Waals surface area contributed by atoms with Gasteiger partial charge in [-0.25, -0.2) is 0 Å². The summed E-state index contributed by atoms with van der Waals surface area (Å²) in [5, 5.41) is 2.55. The van der Waals surface area contributed by atoms with Gasteiger partial charge in [-0.1, -0.05) is 6.07 Å². The molecular formula is C22H24F3NO4. The normalized spacial score (nSPS) is 14.4. The van der Waals surface area contributed by atoms with E-state index in [0.29, 0.717) is 11.5 Å². The zero-order valence-corrected chi connectivity index (χ0v) is 16.8. The highest BCUT2D eigenvalue weighted by molar-refractivity contribution is 5.94. The first-order valence-electron chi connectivity index (χ1n) is 9.69. The van der Waals surface area contributed by atoms with Crippen LogP contribution in [-0.2, 0) is 12.7 Å². The molecule has 1 aliphatic rings. The molecule has 1 amide bonds. The van der Waals surface area contributed by atoms with Gasteiger partial charge >= 0.3 is 6.18 Å². The fourth-order valence-corrected chi connectivity index (χ4v) is 3.47. The van der Waals surface area contributed by atoms with Crippen molar-refractivity contribution in [1.29, 1.82) is 0 Å². The van der Waals surface area contributed by atoms with Crippen LogP contribution in [0.2, 0.25) is 0 Å². The van der Waals surface area contributed by atoms with Gasteiger partial charge < -0.3 is 19.5 Å². The molecule has 162 valence electrons. The molecule has 8 heteroatoms. The Hall–Kier alpha value is -2.90. The third-order valence-electron chi connectivity index (χ3n) is 5.08. The molecule has 0 radical (unpaired) electrons. The molecule has 1 fully saturated rings. The second-order valence-electron chi connectivity index (χ2n) is 7.09. The Morgan fingerprint density at radius 2 is 1.77 bits per heavy atom. The predicted octanol–water partition coefficient (Wildman–Crippen LogP) is 4.97. The molecule has 0 aromatic heterocycles. The molecule has 0 atom stereocenters. The summed E-state index contributed by atoms with van der Waals surface area (Å²) in [6.07, 6.45) is -0.413. The molecule has 0 unspecified atom stereocenters. The summed E-state index contributed by atoms with van der Waals surface area (Å²) in [5.74, 6) is 0.560. The minimum absolute atomic E-state index is 0.0485. The van der Waals surface area contributed by atoms with Gasteiger partial charge in [0.05, 0.1) is 25.9 Å². The summed E-state index contributed by atoms with van der Waals surface area (Å²) in [7, 11) is 2.81. The van der Waals surface area contributed by atoms with Crippen LogP contribution in [0.3, 0.4) is 0 Å². The average Bonchev–Trinajstić information content (AvgIpc) is 3.24.